The molecule has 1 amide bonds. The van der Waals surface area contributed by atoms with Crippen molar-refractivity contribution in [3.05, 3.63) is 29.8 Å². The van der Waals surface area contributed by atoms with Gasteiger partial charge in [-0.2, -0.15) is 10.2 Å². The van der Waals surface area contributed by atoms with Crippen LogP contribution in [0.2, 0.25) is 0 Å². The van der Waals surface area contributed by atoms with Gasteiger partial charge in [0.15, 0.2) is 0 Å². The van der Waals surface area contributed by atoms with E-state index in [2.05, 4.69) is 15.5 Å². The van der Waals surface area contributed by atoms with Crippen LogP contribution in [0.1, 0.15) is 30.8 Å². The summed E-state index contributed by atoms with van der Waals surface area (Å²) < 4.78 is 2.96. The van der Waals surface area contributed by atoms with Gasteiger partial charge in [0.05, 0.1) is 17.1 Å². The normalized spacial score (nSPS) is 12.1. The number of nitrogens with one attached hydrogen (secondary N) is 1. The minimum atomic E-state index is -0.980. The molecule has 0 aliphatic rings. The lowest BCUT2D eigenvalue weighted by molar-refractivity contribution is -0.137. The van der Waals surface area contributed by atoms with Crippen LogP contribution in [0.3, 0.4) is 0 Å². The molecule has 22 heavy (non-hydrogen) atoms. The Morgan fingerprint density at radius 1 is 1.41 bits per heavy atom. The van der Waals surface area contributed by atoms with Crippen molar-refractivity contribution < 1.29 is 14.7 Å². The lowest BCUT2D eigenvalue weighted by atomic mass is 10.2. The number of carboxylic acids is 1. The summed E-state index contributed by atoms with van der Waals surface area (Å²) in [6.45, 7) is 5.13. The number of carbonyl (C=O) groups excluding carboxylic acids is 1. The second-order valence-electron chi connectivity index (χ2n) is 5.00. The molecule has 2 N–H and O–H groups in total. The summed E-state index contributed by atoms with van der Waals surface area (Å²) in [5.74, 6) is -1.18. The third-order valence-electron chi connectivity index (χ3n) is 3.45. The molecule has 2 rings (SSSR count). The summed E-state index contributed by atoms with van der Waals surface area (Å²) in [6, 6.07) is 1.34. The molecule has 1 atom stereocenters. The zero-order valence-corrected chi connectivity index (χ0v) is 12.8. The molecule has 0 radical (unpaired) electrons. The molecule has 0 aliphatic heterocycles. The summed E-state index contributed by atoms with van der Waals surface area (Å²) in [7, 11) is 0. The van der Waals surface area contributed by atoms with Crippen LogP contribution in [-0.2, 0) is 16.1 Å². The van der Waals surface area contributed by atoms with Crippen molar-refractivity contribution in [1.29, 1.82) is 0 Å². The van der Waals surface area contributed by atoms with Gasteiger partial charge in [-0.25, -0.2) is 0 Å². The van der Waals surface area contributed by atoms with E-state index in [4.69, 9.17) is 5.11 Å². The number of aliphatic carboxylic acids is 1. The molecule has 118 valence electrons. The maximum Gasteiger partial charge on any atom is 0.325 e. The van der Waals surface area contributed by atoms with Gasteiger partial charge in [0, 0.05) is 12.4 Å². The van der Waals surface area contributed by atoms with Gasteiger partial charge in [0.1, 0.15) is 12.6 Å². The Kier molecular flexibility index (Phi) is 4.59. The Morgan fingerprint density at radius 2 is 2.14 bits per heavy atom. The highest BCUT2D eigenvalue weighted by atomic mass is 16.4. The van der Waals surface area contributed by atoms with Crippen LogP contribution in [0.15, 0.2) is 18.5 Å². The fourth-order valence-electron chi connectivity index (χ4n) is 2.32. The summed E-state index contributed by atoms with van der Waals surface area (Å²) >= 11 is 0. The predicted octanol–water partition coefficient (Wildman–Crippen LogP) is 1.37. The van der Waals surface area contributed by atoms with E-state index in [1.807, 2.05) is 6.92 Å². The van der Waals surface area contributed by atoms with E-state index in [1.165, 1.54) is 4.68 Å². The minimum absolute atomic E-state index is 0.202. The number of carbonyl (C=O) groups is 2. The molecule has 0 unspecified atom stereocenters. The first-order valence-electron chi connectivity index (χ1n) is 6.99. The van der Waals surface area contributed by atoms with Gasteiger partial charge < -0.3 is 10.4 Å². The molecule has 0 saturated carbocycles. The van der Waals surface area contributed by atoms with Crippen molar-refractivity contribution in [3.8, 4) is 0 Å². The van der Waals surface area contributed by atoms with E-state index in [9.17, 15) is 9.59 Å². The molecule has 2 aromatic rings. The Balaban J connectivity index is 2.21. The third-order valence-corrected chi connectivity index (χ3v) is 3.45. The minimum Gasteiger partial charge on any atom is -0.480 e. The molecule has 0 aliphatic carbocycles. The number of amides is 1. The van der Waals surface area contributed by atoms with Gasteiger partial charge in [-0.1, -0.05) is 6.92 Å². The highest BCUT2D eigenvalue weighted by molar-refractivity contribution is 5.94. The molecule has 0 aromatic carbocycles. The van der Waals surface area contributed by atoms with Gasteiger partial charge in [-0.3, -0.25) is 19.0 Å². The van der Waals surface area contributed by atoms with Crippen LogP contribution in [0.25, 0.3) is 0 Å². The Labute approximate surface area is 127 Å². The monoisotopic (exact) mass is 305 g/mol. The van der Waals surface area contributed by atoms with Crippen molar-refractivity contribution in [3.63, 3.8) is 0 Å². The van der Waals surface area contributed by atoms with Gasteiger partial charge in [0.25, 0.3) is 0 Å². The molecule has 8 nitrogen and oxygen atoms in total. The number of aromatic nitrogens is 4. The second-order valence-corrected chi connectivity index (χ2v) is 5.00. The van der Waals surface area contributed by atoms with Gasteiger partial charge in [0.2, 0.25) is 5.91 Å². The number of rotatable bonds is 6. The maximum absolute atomic E-state index is 12.5. The lowest BCUT2D eigenvalue weighted by Crippen LogP contribution is -2.26. The molecule has 2 aromatic heterocycles. The standard InChI is InChI=1S/C14H19N5O3/c1-4-11(18-7-5-6-15-18)14(22)16-13-9(2)17-19(10(13)3)8-12(20)21/h5-7,11H,4,8H2,1-3H3,(H,16,22)(H,20,21)/t11-/m0/s1. The quantitative estimate of drug-likeness (QED) is 0.839. The van der Waals surface area contributed by atoms with Crippen LogP contribution in [0, 0.1) is 13.8 Å². The van der Waals surface area contributed by atoms with Gasteiger partial charge in [-0.05, 0) is 26.3 Å². The van der Waals surface area contributed by atoms with E-state index in [0.29, 0.717) is 23.5 Å². The van der Waals surface area contributed by atoms with Crippen molar-refractivity contribution in [2.45, 2.75) is 39.8 Å². The molecule has 8 heteroatoms. The summed E-state index contributed by atoms with van der Waals surface area (Å²) in [5, 5.41) is 19.9. The van der Waals surface area contributed by atoms with Crippen molar-refractivity contribution in [2.75, 3.05) is 5.32 Å². The Hall–Kier alpha value is -2.64. The fraction of sp³-hybridized carbons (Fsp3) is 0.429. The number of hydrogen-bond donors (Lipinski definition) is 2. The summed E-state index contributed by atoms with van der Waals surface area (Å²) in [6.07, 6.45) is 3.95. The number of nitrogens with zero attached hydrogens (tertiary/aromatic N) is 4. The lowest BCUT2D eigenvalue weighted by Gasteiger charge is -2.15. The fourth-order valence-corrected chi connectivity index (χ4v) is 2.32. The highest BCUT2D eigenvalue weighted by Crippen LogP contribution is 2.21. The molecular weight excluding hydrogens is 286 g/mol. The largest absolute Gasteiger partial charge is 0.480 e. The number of carboxylic acid groups (broad SMARTS) is 1. The van der Waals surface area contributed by atoms with E-state index in [-0.39, 0.29) is 12.5 Å². The molecule has 0 saturated heterocycles. The molecule has 0 bridgehead atoms. The predicted molar refractivity (Wildman–Crippen MR) is 79.5 cm³/mol. The van der Waals surface area contributed by atoms with Crippen LogP contribution in [-0.4, -0.2) is 36.5 Å². The first-order chi connectivity index (χ1) is 10.4. The highest BCUT2D eigenvalue weighted by Gasteiger charge is 2.22. The first-order valence-corrected chi connectivity index (χ1v) is 6.99. The average molecular weight is 305 g/mol. The Bertz CT molecular complexity index is 675. The van der Waals surface area contributed by atoms with Gasteiger partial charge in [-0.15, -0.1) is 0 Å². The Morgan fingerprint density at radius 3 is 2.68 bits per heavy atom. The van der Waals surface area contributed by atoms with Crippen molar-refractivity contribution in [1.82, 2.24) is 19.6 Å². The van der Waals surface area contributed by atoms with E-state index >= 15 is 0 Å². The van der Waals surface area contributed by atoms with E-state index < -0.39 is 12.0 Å². The number of aryl methyl sites for hydroxylation is 1. The van der Waals surface area contributed by atoms with Crippen molar-refractivity contribution in [2.24, 2.45) is 0 Å². The average Bonchev–Trinajstić information content (AvgIpc) is 3.04. The second kappa shape index (κ2) is 6.42. The number of anilines is 1. The molecular formula is C14H19N5O3. The summed E-state index contributed by atoms with van der Waals surface area (Å²) in [4.78, 5) is 23.3. The van der Waals surface area contributed by atoms with E-state index in [0.717, 1.165) is 0 Å². The first kappa shape index (κ1) is 15.7. The topological polar surface area (TPSA) is 102 Å². The van der Waals surface area contributed by atoms with Crippen LogP contribution in [0.5, 0.6) is 0 Å². The van der Waals surface area contributed by atoms with Crippen LogP contribution < -0.4 is 5.32 Å². The van der Waals surface area contributed by atoms with Crippen LogP contribution in [0.4, 0.5) is 5.69 Å². The zero-order chi connectivity index (χ0) is 16.3. The molecule has 2 heterocycles. The zero-order valence-electron chi connectivity index (χ0n) is 12.8. The summed E-state index contributed by atoms with van der Waals surface area (Å²) in [5.41, 5.74) is 1.75. The SMILES string of the molecule is CC[C@@H](C(=O)Nc1c(C)nn(CC(=O)O)c1C)n1cccn1. The van der Waals surface area contributed by atoms with Gasteiger partial charge >= 0.3 is 5.97 Å². The molecule has 0 fully saturated rings. The van der Waals surface area contributed by atoms with Crippen LogP contribution >= 0.6 is 0 Å². The molecule has 0 spiro atoms. The smallest absolute Gasteiger partial charge is 0.325 e. The third kappa shape index (κ3) is 3.16. The van der Waals surface area contributed by atoms with E-state index in [1.54, 1.807) is 37.0 Å². The maximum atomic E-state index is 12.5. The number of hydrogen-bond acceptors (Lipinski definition) is 4. The van der Waals surface area contributed by atoms with Crippen molar-refractivity contribution >= 4 is 17.6 Å².